The maximum Gasteiger partial charge on any atom is 0.289 e. The zero-order valence-electron chi connectivity index (χ0n) is 17.5. The molecule has 1 aromatic carbocycles. The lowest BCUT2D eigenvalue weighted by atomic mass is 10.2. The standard InChI is InChI=1S/C21H23ClN6O3.HI/c1-2-23-21(28-10-8-27(9-11-28)20(29)17-7-4-12-30-17)24-14-18-25-19(26-31-18)15-5-3-6-16(22)13-15;/h3-7,12-13H,2,8-11,14H2,1H3,(H,23,24);1H. The van der Waals surface area contributed by atoms with Gasteiger partial charge in [0.05, 0.1) is 6.26 Å². The van der Waals surface area contributed by atoms with Gasteiger partial charge in [-0.25, -0.2) is 4.99 Å². The smallest absolute Gasteiger partial charge is 0.289 e. The first-order valence-corrected chi connectivity index (χ1v) is 10.5. The summed E-state index contributed by atoms with van der Waals surface area (Å²) in [5, 5.41) is 7.92. The Bertz CT molecular complexity index is 1050. The molecule has 170 valence electrons. The highest BCUT2D eigenvalue weighted by Gasteiger charge is 2.25. The lowest BCUT2D eigenvalue weighted by molar-refractivity contribution is 0.0657. The number of benzene rings is 1. The third kappa shape index (κ3) is 5.80. The van der Waals surface area contributed by atoms with Crippen LogP contribution in [0.15, 0.2) is 56.6 Å². The van der Waals surface area contributed by atoms with E-state index in [-0.39, 0.29) is 36.4 Å². The number of nitrogens with zero attached hydrogens (tertiary/aromatic N) is 5. The Morgan fingerprint density at radius 1 is 1.19 bits per heavy atom. The van der Waals surface area contributed by atoms with E-state index in [0.717, 1.165) is 18.1 Å². The van der Waals surface area contributed by atoms with E-state index in [0.29, 0.717) is 48.7 Å². The number of rotatable bonds is 5. The largest absolute Gasteiger partial charge is 0.459 e. The molecule has 0 saturated carbocycles. The van der Waals surface area contributed by atoms with Gasteiger partial charge in [0.25, 0.3) is 5.91 Å². The van der Waals surface area contributed by atoms with Gasteiger partial charge in [0.15, 0.2) is 11.7 Å². The van der Waals surface area contributed by atoms with Crippen LogP contribution < -0.4 is 5.32 Å². The van der Waals surface area contributed by atoms with Gasteiger partial charge in [-0.15, -0.1) is 24.0 Å². The fourth-order valence-corrected chi connectivity index (χ4v) is 3.50. The summed E-state index contributed by atoms with van der Waals surface area (Å²) in [4.78, 5) is 25.4. The summed E-state index contributed by atoms with van der Waals surface area (Å²) in [6, 6.07) is 10.7. The van der Waals surface area contributed by atoms with E-state index < -0.39 is 0 Å². The summed E-state index contributed by atoms with van der Waals surface area (Å²) in [6.07, 6.45) is 1.51. The molecule has 0 aliphatic carbocycles. The number of aliphatic imine (C=N–C) groups is 1. The molecule has 32 heavy (non-hydrogen) atoms. The van der Waals surface area contributed by atoms with Crippen molar-refractivity contribution in [2.45, 2.75) is 13.5 Å². The van der Waals surface area contributed by atoms with Gasteiger partial charge in [-0.2, -0.15) is 4.98 Å². The van der Waals surface area contributed by atoms with Crippen molar-refractivity contribution in [3.05, 3.63) is 59.3 Å². The van der Waals surface area contributed by atoms with Gasteiger partial charge in [0.1, 0.15) is 6.54 Å². The van der Waals surface area contributed by atoms with E-state index >= 15 is 0 Å². The van der Waals surface area contributed by atoms with Gasteiger partial charge < -0.3 is 24.1 Å². The molecule has 4 rings (SSSR count). The van der Waals surface area contributed by atoms with E-state index in [4.69, 9.17) is 20.5 Å². The molecule has 1 aliphatic heterocycles. The highest BCUT2D eigenvalue weighted by atomic mass is 127. The normalized spacial score (nSPS) is 14.2. The third-order valence-electron chi connectivity index (χ3n) is 4.85. The van der Waals surface area contributed by atoms with Crippen LogP contribution in [0, 0.1) is 0 Å². The Hall–Kier alpha value is -2.60. The minimum absolute atomic E-state index is 0. The maximum absolute atomic E-state index is 12.4. The van der Waals surface area contributed by atoms with Crippen molar-refractivity contribution in [2.24, 2.45) is 4.99 Å². The summed E-state index contributed by atoms with van der Waals surface area (Å²) in [6.45, 7) is 5.48. The summed E-state index contributed by atoms with van der Waals surface area (Å²) in [7, 11) is 0. The van der Waals surface area contributed by atoms with Crippen LogP contribution in [0.25, 0.3) is 11.4 Å². The molecular formula is C21H24ClIN6O3. The van der Waals surface area contributed by atoms with Crippen molar-refractivity contribution in [2.75, 3.05) is 32.7 Å². The van der Waals surface area contributed by atoms with Crippen LogP contribution in [0.1, 0.15) is 23.4 Å². The van der Waals surface area contributed by atoms with Crippen molar-refractivity contribution in [3.8, 4) is 11.4 Å². The van der Waals surface area contributed by atoms with Crippen molar-refractivity contribution >= 4 is 47.4 Å². The fraction of sp³-hybridized carbons (Fsp3) is 0.333. The van der Waals surface area contributed by atoms with E-state index in [1.54, 1.807) is 29.2 Å². The van der Waals surface area contributed by atoms with Gasteiger partial charge in [-0.1, -0.05) is 28.9 Å². The van der Waals surface area contributed by atoms with Crippen LogP contribution in [0.3, 0.4) is 0 Å². The number of guanidine groups is 1. The van der Waals surface area contributed by atoms with Crippen molar-refractivity contribution in [1.82, 2.24) is 25.3 Å². The molecule has 3 heterocycles. The van der Waals surface area contributed by atoms with Gasteiger partial charge in [0.2, 0.25) is 11.7 Å². The molecule has 0 spiro atoms. The van der Waals surface area contributed by atoms with Gasteiger partial charge in [-0.3, -0.25) is 4.79 Å². The SMILES string of the molecule is CCNC(=NCc1nc(-c2cccc(Cl)c2)no1)N1CCN(C(=O)c2ccco2)CC1.I. The van der Waals surface area contributed by atoms with Gasteiger partial charge in [-0.05, 0) is 31.2 Å². The third-order valence-corrected chi connectivity index (χ3v) is 5.08. The zero-order chi connectivity index (χ0) is 21.6. The molecule has 1 N–H and O–H groups in total. The van der Waals surface area contributed by atoms with Crippen LogP contribution in [0.4, 0.5) is 0 Å². The minimum Gasteiger partial charge on any atom is -0.459 e. The van der Waals surface area contributed by atoms with E-state index in [2.05, 4.69) is 25.3 Å². The summed E-state index contributed by atoms with van der Waals surface area (Å²) < 4.78 is 10.6. The number of halogens is 2. The number of piperazine rings is 1. The molecule has 0 unspecified atom stereocenters. The Kier molecular flexibility index (Phi) is 8.51. The van der Waals surface area contributed by atoms with Crippen molar-refractivity contribution < 1.29 is 13.7 Å². The van der Waals surface area contributed by atoms with Crippen LogP contribution in [-0.2, 0) is 6.54 Å². The Morgan fingerprint density at radius 2 is 1.97 bits per heavy atom. The van der Waals surface area contributed by atoms with Gasteiger partial charge in [0, 0.05) is 43.3 Å². The fourth-order valence-electron chi connectivity index (χ4n) is 3.31. The number of furan rings is 1. The second-order valence-corrected chi connectivity index (χ2v) is 7.39. The average molecular weight is 571 g/mol. The average Bonchev–Trinajstić information content (AvgIpc) is 3.49. The lowest BCUT2D eigenvalue weighted by Gasteiger charge is -2.36. The monoisotopic (exact) mass is 570 g/mol. The number of nitrogens with one attached hydrogen (secondary N) is 1. The number of carbonyl (C=O) groups excluding carboxylic acids is 1. The molecule has 0 bridgehead atoms. The Labute approximate surface area is 207 Å². The topological polar surface area (TPSA) is 100 Å². The second kappa shape index (κ2) is 11.3. The molecule has 11 heteroatoms. The first-order chi connectivity index (χ1) is 15.1. The van der Waals surface area contributed by atoms with E-state index in [1.807, 2.05) is 19.1 Å². The predicted molar refractivity (Wildman–Crippen MR) is 131 cm³/mol. The number of hydrogen-bond donors (Lipinski definition) is 1. The molecule has 1 saturated heterocycles. The molecule has 2 aromatic heterocycles. The summed E-state index contributed by atoms with van der Waals surface area (Å²) >= 11 is 6.03. The predicted octanol–water partition coefficient (Wildman–Crippen LogP) is 3.52. The zero-order valence-corrected chi connectivity index (χ0v) is 20.6. The molecule has 1 amide bonds. The van der Waals surface area contributed by atoms with Crippen LogP contribution in [0.5, 0.6) is 0 Å². The Morgan fingerprint density at radius 3 is 2.66 bits per heavy atom. The number of hydrogen-bond acceptors (Lipinski definition) is 6. The quantitative estimate of drug-likeness (QED) is 0.285. The first kappa shape index (κ1) is 24.1. The van der Waals surface area contributed by atoms with Crippen LogP contribution >= 0.6 is 35.6 Å². The summed E-state index contributed by atoms with van der Waals surface area (Å²) in [5.74, 6) is 1.90. The maximum atomic E-state index is 12.4. The Balaban J connectivity index is 0.00000289. The van der Waals surface area contributed by atoms with Crippen LogP contribution in [0.2, 0.25) is 5.02 Å². The number of amides is 1. The molecule has 9 nitrogen and oxygen atoms in total. The lowest BCUT2D eigenvalue weighted by Crippen LogP contribution is -2.53. The minimum atomic E-state index is -0.0917. The molecule has 1 fully saturated rings. The second-order valence-electron chi connectivity index (χ2n) is 6.95. The highest BCUT2D eigenvalue weighted by Crippen LogP contribution is 2.20. The summed E-state index contributed by atoms with van der Waals surface area (Å²) in [5.41, 5.74) is 0.788. The van der Waals surface area contributed by atoms with Crippen molar-refractivity contribution in [3.63, 3.8) is 0 Å². The number of aromatic nitrogens is 2. The molecule has 0 radical (unpaired) electrons. The van der Waals surface area contributed by atoms with E-state index in [9.17, 15) is 4.79 Å². The molecule has 1 aliphatic rings. The van der Waals surface area contributed by atoms with Crippen molar-refractivity contribution in [1.29, 1.82) is 0 Å². The molecular weight excluding hydrogens is 547 g/mol. The molecule has 3 aromatic rings. The first-order valence-electron chi connectivity index (χ1n) is 10.1. The number of carbonyl (C=O) groups is 1. The highest BCUT2D eigenvalue weighted by molar-refractivity contribution is 14.0. The van der Waals surface area contributed by atoms with Gasteiger partial charge >= 0.3 is 0 Å². The van der Waals surface area contributed by atoms with E-state index in [1.165, 1.54) is 6.26 Å². The van der Waals surface area contributed by atoms with Crippen LogP contribution in [-0.4, -0.2) is 64.5 Å². The molecule has 0 atom stereocenters.